The first-order valence-electron chi connectivity index (χ1n) is 14.0. The van der Waals surface area contributed by atoms with Crippen LogP contribution in [0.1, 0.15) is 71.6 Å². The number of fused-ring (bicyclic) bond motifs is 1. The Morgan fingerprint density at radius 1 is 1.20 bits per heavy atom. The van der Waals surface area contributed by atoms with Gasteiger partial charge in [-0.2, -0.15) is 0 Å². The second kappa shape index (κ2) is 11.6. The van der Waals surface area contributed by atoms with Gasteiger partial charge in [-0.05, 0) is 66.4 Å². The molecule has 220 valence electrons. The second-order valence-electron chi connectivity index (χ2n) is 11.7. The molecule has 0 spiro atoms. The van der Waals surface area contributed by atoms with Crippen LogP contribution in [0.2, 0.25) is 5.15 Å². The number of ether oxygens (including phenoxy) is 3. The van der Waals surface area contributed by atoms with Crippen LogP contribution in [-0.2, 0) is 26.9 Å². The smallest absolute Gasteiger partial charge is 0.410 e. The Morgan fingerprint density at radius 2 is 1.88 bits per heavy atom. The van der Waals surface area contributed by atoms with Gasteiger partial charge in [0, 0.05) is 45.6 Å². The van der Waals surface area contributed by atoms with Crippen molar-refractivity contribution in [3.8, 4) is 5.75 Å². The van der Waals surface area contributed by atoms with Crippen molar-refractivity contribution in [1.82, 2.24) is 19.4 Å². The molecule has 0 saturated carbocycles. The van der Waals surface area contributed by atoms with Gasteiger partial charge in [-0.15, -0.1) is 0 Å². The molecule has 0 unspecified atom stereocenters. The molecule has 2 saturated heterocycles. The molecule has 1 atom stereocenters. The number of carbonyl (C=O) groups excluding carboxylic acids is 2. The summed E-state index contributed by atoms with van der Waals surface area (Å²) >= 11 is 6.67. The molecule has 0 N–H and O–H groups in total. The summed E-state index contributed by atoms with van der Waals surface area (Å²) in [6.07, 6.45) is 2.29. The highest BCUT2D eigenvalue weighted by Crippen LogP contribution is 2.39. The standard InChI is InChI=1S/C29H41ClN4O6/c1-8-39-29(11-14-33(15-12-29)19(3)35)22-16-21-23(32(7)26(22)36)24(18(2)31-25(21)30)38-17-20-10-9-13-34(20)27(37)40-28(4,5)6/h16,20H,8-15,17H2,1-7H3/t20-/m0/s1. The normalized spacial score (nSPS) is 19.2. The van der Waals surface area contributed by atoms with Crippen molar-refractivity contribution in [1.29, 1.82) is 0 Å². The Kier molecular flexibility index (Phi) is 8.71. The number of nitrogens with zero attached hydrogens (tertiary/aromatic N) is 4. The molecule has 11 heteroatoms. The molecule has 0 radical (unpaired) electrons. The minimum Gasteiger partial charge on any atom is -0.487 e. The third-order valence-corrected chi connectivity index (χ3v) is 8.09. The molecule has 0 aliphatic carbocycles. The van der Waals surface area contributed by atoms with Crippen LogP contribution in [-0.4, -0.2) is 75.8 Å². The van der Waals surface area contributed by atoms with E-state index < -0.39 is 11.2 Å². The maximum Gasteiger partial charge on any atom is 0.410 e. The predicted octanol–water partition coefficient (Wildman–Crippen LogP) is 4.55. The van der Waals surface area contributed by atoms with Crippen molar-refractivity contribution in [2.24, 2.45) is 7.05 Å². The highest BCUT2D eigenvalue weighted by atomic mass is 35.5. The van der Waals surface area contributed by atoms with E-state index in [1.54, 1.807) is 41.3 Å². The molecule has 2 aromatic rings. The first kappa shape index (κ1) is 30.1. The fraction of sp³-hybridized carbons (Fsp3) is 0.655. The number of rotatable bonds is 6. The van der Waals surface area contributed by atoms with E-state index in [1.807, 2.05) is 27.7 Å². The van der Waals surface area contributed by atoms with Gasteiger partial charge < -0.3 is 28.6 Å². The minimum absolute atomic E-state index is 0.00789. The van der Waals surface area contributed by atoms with Gasteiger partial charge in [0.15, 0.2) is 5.75 Å². The van der Waals surface area contributed by atoms with Gasteiger partial charge in [-0.1, -0.05) is 11.6 Å². The zero-order valence-electron chi connectivity index (χ0n) is 24.6. The van der Waals surface area contributed by atoms with Crippen LogP contribution in [0.5, 0.6) is 5.75 Å². The molecular formula is C29H41ClN4O6. The van der Waals surface area contributed by atoms with E-state index >= 15 is 0 Å². The van der Waals surface area contributed by atoms with Gasteiger partial charge in [-0.25, -0.2) is 9.78 Å². The van der Waals surface area contributed by atoms with Gasteiger partial charge in [-0.3, -0.25) is 9.59 Å². The van der Waals surface area contributed by atoms with E-state index in [4.69, 9.17) is 25.8 Å². The summed E-state index contributed by atoms with van der Waals surface area (Å²) in [5, 5.41) is 0.851. The number of hydrogen-bond acceptors (Lipinski definition) is 7. The van der Waals surface area contributed by atoms with Crippen molar-refractivity contribution in [3.05, 3.63) is 32.8 Å². The summed E-state index contributed by atoms with van der Waals surface area (Å²) in [6.45, 7) is 13.0. The lowest BCUT2D eigenvalue weighted by Gasteiger charge is -2.41. The van der Waals surface area contributed by atoms with E-state index in [1.165, 1.54) is 0 Å². The molecule has 2 fully saturated rings. The van der Waals surface area contributed by atoms with E-state index in [0.29, 0.717) is 67.0 Å². The average molecular weight is 577 g/mol. The SMILES string of the molecule is CCOC1(c2cc3c(Cl)nc(C)c(OC[C@@H]4CCCN4C(=O)OC(C)(C)C)c3n(C)c2=O)CCN(C(C)=O)CC1. The monoisotopic (exact) mass is 576 g/mol. The fourth-order valence-corrected chi connectivity index (χ4v) is 6.07. The van der Waals surface area contributed by atoms with Crippen molar-refractivity contribution in [2.45, 2.75) is 84.5 Å². The van der Waals surface area contributed by atoms with Gasteiger partial charge in [0.2, 0.25) is 5.91 Å². The topological polar surface area (TPSA) is 103 Å². The molecule has 2 aliphatic rings. The number of pyridine rings is 2. The summed E-state index contributed by atoms with van der Waals surface area (Å²) < 4.78 is 19.7. The summed E-state index contributed by atoms with van der Waals surface area (Å²) in [4.78, 5) is 46.6. The van der Waals surface area contributed by atoms with Crippen LogP contribution in [0, 0.1) is 6.92 Å². The number of halogens is 1. The number of piperidine rings is 1. The molecule has 0 aromatic carbocycles. The summed E-state index contributed by atoms with van der Waals surface area (Å²) in [5.74, 6) is 0.465. The summed E-state index contributed by atoms with van der Waals surface area (Å²) in [6, 6.07) is 1.62. The van der Waals surface area contributed by atoms with E-state index in [9.17, 15) is 14.4 Å². The molecule has 2 aromatic heterocycles. The predicted molar refractivity (Wildman–Crippen MR) is 153 cm³/mol. The Morgan fingerprint density at radius 3 is 2.48 bits per heavy atom. The van der Waals surface area contributed by atoms with Gasteiger partial charge in [0.1, 0.15) is 23.0 Å². The van der Waals surface area contributed by atoms with Crippen LogP contribution in [0.15, 0.2) is 10.9 Å². The molecule has 2 aliphatic heterocycles. The fourth-order valence-electron chi connectivity index (χ4n) is 5.80. The van der Waals surface area contributed by atoms with Gasteiger partial charge >= 0.3 is 6.09 Å². The van der Waals surface area contributed by atoms with Crippen LogP contribution >= 0.6 is 11.6 Å². The average Bonchev–Trinajstić information content (AvgIpc) is 3.34. The Hall–Kier alpha value is -2.85. The van der Waals surface area contributed by atoms with Crippen LogP contribution in [0.25, 0.3) is 10.9 Å². The second-order valence-corrected chi connectivity index (χ2v) is 12.1. The van der Waals surface area contributed by atoms with Crippen molar-refractivity contribution < 1.29 is 23.8 Å². The third kappa shape index (κ3) is 5.93. The number of likely N-dealkylation sites (tertiary alicyclic amines) is 2. The maximum absolute atomic E-state index is 13.9. The molecule has 4 rings (SSSR count). The van der Waals surface area contributed by atoms with Crippen molar-refractivity contribution in [3.63, 3.8) is 0 Å². The molecular weight excluding hydrogens is 536 g/mol. The lowest BCUT2D eigenvalue weighted by atomic mass is 9.84. The van der Waals surface area contributed by atoms with Crippen LogP contribution in [0.4, 0.5) is 4.79 Å². The highest BCUT2D eigenvalue weighted by molar-refractivity contribution is 6.34. The van der Waals surface area contributed by atoms with Crippen LogP contribution in [0.3, 0.4) is 0 Å². The number of hydrogen-bond donors (Lipinski definition) is 0. The highest BCUT2D eigenvalue weighted by Gasteiger charge is 2.41. The molecule has 10 nitrogen and oxygen atoms in total. The Bertz CT molecular complexity index is 1340. The lowest BCUT2D eigenvalue weighted by Crippen LogP contribution is -2.48. The largest absolute Gasteiger partial charge is 0.487 e. The maximum atomic E-state index is 13.9. The third-order valence-electron chi connectivity index (χ3n) is 7.80. The zero-order chi connectivity index (χ0) is 29.4. The van der Waals surface area contributed by atoms with Gasteiger partial charge in [0.05, 0.1) is 22.8 Å². The molecule has 40 heavy (non-hydrogen) atoms. The van der Waals surface area contributed by atoms with E-state index in [2.05, 4.69) is 4.98 Å². The molecule has 2 amide bonds. The first-order valence-corrected chi connectivity index (χ1v) is 14.4. The first-order chi connectivity index (χ1) is 18.8. The summed E-state index contributed by atoms with van der Waals surface area (Å²) in [7, 11) is 1.70. The quantitative estimate of drug-likeness (QED) is 0.465. The van der Waals surface area contributed by atoms with Gasteiger partial charge in [0.25, 0.3) is 5.56 Å². The lowest BCUT2D eigenvalue weighted by molar-refractivity contribution is -0.136. The van der Waals surface area contributed by atoms with Crippen molar-refractivity contribution >= 4 is 34.5 Å². The molecule has 0 bridgehead atoms. The minimum atomic E-state index is -0.837. The zero-order valence-corrected chi connectivity index (χ0v) is 25.4. The van der Waals surface area contributed by atoms with E-state index in [-0.39, 0.29) is 35.4 Å². The summed E-state index contributed by atoms with van der Waals surface area (Å²) in [5.41, 5.74) is -0.0400. The Balaban J connectivity index is 1.70. The van der Waals surface area contributed by atoms with Crippen molar-refractivity contribution in [2.75, 3.05) is 32.8 Å². The van der Waals surface area contributed by atoms with Crippen LogP contribution < -0.4 is 10.3 Å². The Labute approximate surface area is 240 Å². The number of amides is 2. The number of carbonyl (C=O) groups is 2. The molecule has 4 heterocycles. The number of aryl methyl sites for hydroxylation is 2. The van der Waals surface area contributed by atoms with E-state index in [0.717, 1.165) is 12.8 Å². The number of aromatic nitrogens is 2.